The van der Waals surface area contributed by atoms with E-state index in [4.69, 9.17) is 21.1 Å². The van der Waals surface area contributed by atoms with Gasteiger partial charge in [0, 0.05) is 43.2 Å². The smallest absolute Gasteiger partial charge is 0.264 e. The van der Waals surface area contributed by atoms with Crippen LogP contribution in [-0.4, -0.2) is 77.4 Å². The lowest BCUT2D eigenvalue weighted by atomic mass is 9.68. The third kappa shape index (κ3) is 7.09. The number of amides is 2. The predicted octanol–water partition coefficient (Wildman–Crippen LogP) is 5.11. The van der Waals surface area contributed by atoms with Crippen molar-refractivity contribution in [3.8, 4) is 5.75 Å². The fourth-order valence-electron chi connectivity index (χ4n) is 7.49. The molecular formula is C35H44ClN3O6S. The van der Waals surface area contributed by atoms with Crippen molar-refractivity contribution in [2.45, 2.75) is 62.9 Å². The Kier molecular flexibility index (Phi) is 9.69. The van der Waals surface area contributed by atoms with Gasteiger partial charge in [-0.25, -0.2) is 13.1 Å². The summed E-state index contributed by atoms with van der Waals surface area (Å²) in [6.07, 6.45) is 10.1. The molecule has 1 N–H and O–H groups in total. The predicted molar refractivity (Wildman–Crippen MR) is 179 cm³/mol. The molecule has 1 spiro atoms. The SMILES string of the molecule is CN(C)C(=O)CCO[C@@H]1/C=C/CCCS(=O)(=O)NC(=O)c2ccc3c(c2)N(C[C@@H]2CCC21)CC1(CCCc2cc(Cl)ccc21)CO3. The summed E-state index contributed by atoms with van der Waals surface area (Å²) in [5.41, 5.74) is 3.31. The van der Waals surface area contributed by atoms with Crippen molar-refractivity contribution in [1.82, 2.24) is 9.62 Å². The van der Waals surface area contributed by atoms with Crippen LogP contribution in [-0.2, 0) is 31.4 Å². The van der Waals surface area contributed by atoms with Crippen LogP contribution in [0.3, 0.4) is 0 Å². The van der Waals surface area contributed by atoms with Crippen molar-refractivity contribution in [2.75, 3.05) is 51.1 Å². The Morgan fingerprint density at radius 3 is 2.80 bits per heavy atom. The Balaban J connectivity index is 1.36. The average molecular weight is 670 g/mol. The van der Waals surface area contributed by atoms with Crippen molar-refractivity contribution in [3.63, 3.8) is 0 Å². The molecule has 248 valence electrons. The van der Waals surface area contributed by atoms with E-state index in [1.54, 1.807) is 37.2 Å². The molecule has 1 saturated carbocycles. The number of halogens is 1. The molecule has 46 heavy (non-hydrogen) atoms. The molecule has 2 amide bonds. The van der Waals surface area contributed by atoms with Crippen molar-refractivity contribution in [2.24, 2.45) is 11.8 Å². The van der Waals surface area contributed by atoms with Gasteiger partial charge < -0.3 is 19.3 Å². The second-order valence-electron chi connectivity index (χ2n) is 13.5. The van der Waals surface area contributed by atoms with Gasteiger partial charge in [-0.15, -0.1) is 0 Å². The van der Waals surface area contributed by atoms with Gasteiger partial charge in [-0.2, -0.15) is 0 Å². The van der Waals surface area contributed by atoms with E-state index in [9.17, 15) is 18.0 Å². The van der Waals surface area contributed by atoms with Crippen LogP contribution < -0.4 is 14.4 Å². The number of carbonyl (C=O) groups is 2. The summed E-state index contributed by atoms with van der Waals surface area (Å²) in [4.78, 5) is 29.4. The molecule has 9 nitrogen and oxygen atoms in total. The zero-order valence-corrected chi connectivity index (χ0v) is 28.2. The second kappa shape index (κ2) is 13.6. The first-order valence-electron chi connectivity index (χ1n) is 16.4. The van der Waals surface area contributed by atoms with Gasteiger partial charge in [-0.05, 0) is 98.2 Å². The quantitative estimate of drug-likeness (QED) is 0.451. The van der Waals surface area contributed by atoms with Gasteiger partial charge in [-0.1, -0.05) is 29.8 Å². The van der Waals surface area contributed by atoms with Gasteiger partial charge >= 0.3 is 0 Å². The number of allylic oxidation sites excluding steroid dienone is 1. The highest BCUT2D eigenvalue weighted by Crippen LogP contribution is 2.47. The zero-order valence-electron chi connectivity index (χ0n) is 26.7. The lowest BCUT2D eigenvalue weighted by Gasteiger charge is -2.46. The number of hydrogen-bond donors (Lipinski definition) is 1. The minimum atomic E-state index is -3.83. The largest absolute Gasteiger partial charge is 0.490 e. The molecule has 1 fully saturated rings. The Morgan fingerprint density at radius 2 is 2.02 bits per heavy atom. The summed E-state index contributed by atoms with van der Waals surface area (Å²) in [7, 11) is -0.339. The summed E-state index contributed by atoms with van der Waals surface area (Å²) in [6.45, 7) is 2.24. The lowest BCUT2D eigenvalue weighted by molar-refractivity contribution is -0.130. The highest BCUT2D eigenvalue weighted by Gasteiger charge is 2.44. The van der Waals surface area contributed by atoms with Crippen molar-refractivity contribution >= 4 is 39.1 Å². The van der Waals surface area contributed by atoms with Crippen LogP contribution in [0.1, 0.15) is 66.4 Å². The monoisotopic (exact) mass is 669 g/mol. The Labute approximate surface area is 277 Å². The number of carbonyl (C=O) groups excluding carboxylic acids is 2. The van der Waals surface area contributed by atoms with Gasteiger partial charge in [0.15, 0.2) is 0 Å². The first-order chi connectivity index (χ1) is 22.0. The van der Waals surface area contributed by atoms with Crippen LogP contribution in [0.2, 0.25) is 5.02 Å². The molecule has 2 unspecified atom stereocenters. The van der Waals surface area contributed by atoms with E-state index in [0.717, 1.165) is 49.4 Å². The highest BCUT2D eigenvalue weighted by atomic mass is 35.5. The van der Waals surface area contributed by atoms with E-state index < -0.39 is 15.9 Å². The number of nitrogens with zero attached hydrogens (tertiary/aromatic N) is 2. The number of rotatable bonds is 4. The average Bonchev–Trinajstić information content (AvgIpc) is 3.14. The molecule has 4 aliphatic rings. The minimum Gasteiger partial charge on any atom is -0.490 e. The molecule has 6 rings (SSSR count). The van der Waals surface area contributed by atoms with E-state index in [-0.39, 0.29) is 34.7 Å². The highest BCUT2D eigenvalue weighted by molar-refractivity contribution is 7.90. The molecule has 2 aliphatic carbocycles. The summed E-state index contributed by atoms with van der Waals surface area (Å²) in [6, 6.07) is 11.4. The Morgan fingerprint density at radius 1 is 1.17 bits per heavy atom. The molecule has 0 radical (unpaired) electrons. The number of sulfonamides is 1. The number of anilines is 1. The molecule has 2 aromatic rings. The molecule has 2 aromatic carbocycles. The van der Waals surface area contributed by atoms with Gasteiger partial charge in [0.25, 0.3) is 5.91 Å². The summed E-state index contributed by atoms with van der Waals surface area (Å²) >= 11 is 6.42. The third-order valence-corrected chi connectivity index (χ3v) is 11.7. The Hall–Kier alpha value is -3.08. The van der Waals surface area contributed by atoms with E-state index in [1.165, 1.54) is 11.1 Å². The van der Waals surface area contributed by atoms with Crippen molar-refractivity contribution in [1.29, 1.82) is 0 Å². The topological polar surface area (TPSA) is 105 Å². The van der Waals surface area contributed by atoms with E-state index >= 15 is 0 Å². The van der Waals surface area contributed by atoms with Crippen molar-refractivity contribution < 1.29 is 27.5 Å². The van der Waals surface area contributed by atoms with Crippen LogP contribution in [0.15, 0.2) is 48.6 Å². The molecular weight excluding hydrogens is 626 g/mol. The summed E-state index contributed by atoms with van der Waals surface area (Å²) in [5, 5.41) is 0.730. The molecule has 4 atom stereocenters. The van der Waals surface area contributed by atoms with Crippen LogP contribution in [0.25, 0.3) is 0 Å². The number of benzene rings is 2. The molecule has 11 heteroatoms. The number of hydrogen-bond acceptors (Lipinski definition) is 7. The fraction of sp³-hybridized carbons (Fsp3) is 0.543. The van der Waals surface area contributed by atoms with Crippen LogP contribution >= 0.6 is 11.6 Å². The van der Waals surface area contributed by atoms with Gasteiger partial charge in [0.05, 0.1) is 37.2 Å². The molecule has 2 aliphatic heterocycles. The van der Waals surface area contributed by atoms with Crippen LogP contribution in [0, 0.1) is 11.8 Å². The maximum absolute atomic E-state index is 13.2. The van der Waals surface area contributed by atoms with Crippen LogP contribution in [0.5, 0.6) is 5.75 Å². The fourth-order valence-corrected chi connectivity index (χ4v) is 8.74. The number of nitrogens with one attached hydrogen (secondary N) is 1. The summed E-state index contributed by atoms with van der Waals surface area (Å²) < 4.78 is 40.9. The minimum absolute atomic E-state index is 0.0194. The van der Waals surface area contributed by atoms with E-state index in [2.05, 4.69) is 21.8 Å². The number of ether oxygens (including phenoxy) is 2. The zero-order chi connectivity index (χ0) is 32.5. The lowest BCUT2D eigenvalue weighted by Crippen LogP contribution is -2.49. The number of fused-ring (bicyclic) bond motifs is 4. The molecule has 2 bridgehead atoms. The normalized spacial score (nSPS) is 28.0. The summed E-state index contributed by atoms with van der Waals surface area (Å²) in [5.74, 6) is 0.472. The maximum atomic E-state index is 13.2. The maximum Gasteiger partial charge on any atom is 0.264 e. The Bertz CT molecular complexity index is 1610. The molecule has 2 heterocycles. The molecule has 0 saturated heterocycles. The van der Waals surface area contributed by atoms with Crippen LogP contribution in [0.4, 0.5) is 5.69 Å². The first kappa shape index (κ1) is 32.8. The first-order valence-corrected chi connectivity index (χ1v) is 18.4. The second-order valence-corrected chi connectivity index (χ2v) is 15.8. The number of aryl methyl sites for hydroxylation is 1. The third-order valence-electron chi connectivity index (χ3n) is 10.1. The van der Waals surface area contributed by atoms with E-state index in [0.29, 0.717) is 50.7 Å². The van der Waals surface area contributed by atoms with Gasteiger partial charge in [-0.3, -0.25) is 9.59 Å². The molecule has 0 aromatic heterocycles. The van der Waals surface area contributed by atoms with Gasteiger partial charge in [0.1, 0.15) is 5.75 Å². The van der Waals surface area contributed by atoms with E-state index in [1.807, 2.05) is 18.2 Å². The van der Waals surface area contributed by atoms with Gasteiger partial charge in [0.2, 0.25) is 15.9 Å². The standard InChI is InChI=1S/C35H44ClN3O6S/c1-38(2)33(40)15-17-44-31-8-4-3-5-18-46(42,43)37-34(41)25-10-14-32-30(20-25)39(21-26-9-12-28(26)31)22-35(23-45-32)16-6-7-24-19-27(36)11-13-29(24)35/h4,8,10-11,13-14,19-20,26,28,31H,3,5-7,9,12,15-18,21-23H2,1-2H3,(H,37,41)/b8-4+/t26-,28?,31+,35?/m0/s1. The van der Waals surface area contributed by atoms with Crippen molar-refractivity contribution in [3.05, 3.63) is 70.3 Å².